The molecule has 0 aliphatic carbocycles. The molecule has 0 bridgehead atoms. The lowest BCUT2D eigenvalue weighted by atomic mass is 10.2. The molecule has 0 fully saturated rings. The van der Waals surface area contributed by atoms with Crippen LogP contribution in [0.1, 0.15) is 48.0 Å². The fourth-order valence-corrected chi connectivity index (χ4v) is 3.20. The molecule has 0 spiro atoms. The summed E-state index contributed by atoms with van der Waals surface area (Å²) in [5.41, 5.74) is 0.161. The van der Waals surface area contributed by atoms with Gasteiger partial charge in [0.15, 0.2) is 6.19 Å². The van der Waals surface area contributed by atoms with E-state index in [1.807, 2.05) is 6.19 Å². The number of carbonyl (C=O) groups is 1. The van der Waals surface area contributed by atoms with Gasteiger partial charge in [0.05, 0.1) is 5.69 Å². The number of hydrogen-bond acceptors (Lipinski definition) is 6. The lowest BCUT2D eigenvalue weighted by Crippen LogP contribution is -2.25. The maximum absolute atomic E-state index is 13.3. The summed E-state index contributed by atoms with van der Waals surface area (Å²) in [4.78, 5) is 21.0. The van der Waals surface area contributed by atoms with Crippen LogP contribution < -0.4 is 10.2 Å². The highest BCUT2D eigenvalue weighted by Crippen LogP contribution is 2.31. The monoisotopic (exact) mass is 379 g/mol. The van der Waals surface area contributed by atoms with Crippen molar-refractivity contribution in [2.75, 3.05) is 11.4 Å². The van der Waals surface area contributed by atoms with Gasteiger partial charge < -0.3 is 5.32 Å². The third-order valence-corrected chi connectivity index (χ3v) is 4.57. The normalized spacial score (nSPS) is 10.4. The Morgan fingerprint density at radius 3 is 2.58 bits per heavy atom. The van der Waals surface area contributed by atoms with Crippen molar-refractivity contribution < 1.29 is 13.6 Å². The number of halogens is 2. The highest BCUT2D eigenvalue weighted by Gasteiger charge is 2.21. The maximum Gasteiger partial charge on any atom is 0.271 e. The number of thiazole rings is 1. The molecule has 2 rings (SSSR count). The van der Waals surface area contributed by atoms with Gasteiger partial charge in [0.1, 0.15) is 5.69 Å². The minimum atomic E-state index is -1.04. The predicted octanol–water partition coefficient (Wildman–Crippen LogP) is 4.05. The van der Waals surface area contributed by atoms with Crippen LogP contribution in [0.4, 0.5) is 19.6 Å². The molecule has 2 aromatic heterocycles. The fourth-order valence-electron chi connectivity index (χ4n) is 2.32. The number of hydrogen-bond donors (Lipinski definition) is 1. The zero-order valence-electron chi connectivity index (χ0n) is 14.6. The zero-order valence-corrected chi connectivity index (χ0v) is 15.4. The van der Waals surface area contributed by atoms with E-state index in [1.54, 1.807) is 6.92 Å². The molecular weight excluding hydrogens is 360 g/mol. The quantitative estimate of drug-likeness (QED) is 0.324. The van der Waals surface area contributed by atoms with Crippen molar-refractivity contribution in [3.8, 4) is 6.19 Å². The van der Waals surface area contributed by atoms with Crippen LogP contribution in [0.5, 0.6) is 0 Å². The Morgan fingerprint density at radius 2 is 1.96 bits per heavy atom. The number of nitrogens with one attached hydrogen (secondary N) is 1. The summed E-state index contributed by atoms with van der Waals surface area (Å²) in [7, 11) is 0. The molecule has 0 radical (unpaired) electrons. The Morgan fingerprint density at radius 1 is 1.27 bits per heavy atom. The molecule has 6 nitrogen and oxygen atoms in total. The standard InChI is InChI=1S/C17H19F2N5OS/c1-3-4-5-6-7-21-16(25)15-11(2)26-17(23-15)24(10-20)12-8-13(18)22-14(19)9-12/h8-9H,3-7H2,1-2H3,(H,21,25). The van der Waals surface area contributed by atoms with Crippen molar-refractivity contribution in [3.05, 3.63) is 34.6 Å². The Labute approximate surface area is 154 Å². The van der Waals surface area contributed by atoms with Gasteiger partial charge in [0.25, 0.3) is 5.91 Å². The highest BCUT2D eigenvalue weighted by atomic mass is 32.1. The van der Waals surface area contributed by atoms with Crippen molar-refractivity contribution >= 4 is 28.1 Å². The first kappa shape index (κ1) is 19.7. The third-order valence-electron chi connectivity index (χ3n) is 3.61. The minimum absolute atomic E-state index is 0.0437. The number of amides is 1. The molecule has 1 N–H and O–H groups in total. The van der Waals surface area contributed by atoms with Gasteiger partial charge in [-0.1, -0.05) is 26.2 Å². The molecule has 0 aromatic carbocycles. The van der Waals surface area contributed by atoms with Crippen LogP contribution in [-0.2, 0) is 0 Å². The van der Waals surface area contributed by atoms with Gasteiger partial charge in [-0.3, -0.25) is 4.79 Å². The van der Waals surface area contributed by atoms with E-state index in [9.17, 15) is 18.8 Å². The van der Waals surface area contributed by atoms with Gasteiger partial charge in [0, 0.05) is 23.6 Å². The van der Waals surface area contributed by atoms with Crippen LogP contribution in [0.15, 0.2) is 12.1 Å². The number of carbonyl (C=O) groups excluding carboxylic acids is 1. The van der Waals surface area contributed by atoms with Gasteiger partial charge in [-0.25, -0.2) is 9.88 Å². The second-order valence-electron chi connectivity index (χ2n) is 5.62. The average Bonchev–Trinajstić information content (AvgIpc) is 2.96. The van der Waals surface area contributed by atoms with E-state index in [-0.39, 0.29) is 22.4 Å². The maximum atomic E-state index is 13.3. The van der Waals surface area contributed by atoms with Gasteiger partial charge in [-0.05, 0) is 13.3 Å². The van der Waals surface area contributed by atoms with Gasteiger partial charge in [0.2, 0.25) is 17.0 Å². The molecule has 138 valence electrons. The minimum Gasteiger partial charge on any atom is -0.351 e. The van der Waals surface area contributed by atoms with Crippen molar-refractivity contribution in [1.29, 1.82) is 5.26 Å². The molecule has 0 atom stereocenters. The first-order valence-corrected chi connectivity index (χ1v) is 9.06. The van der Waals surface area contributed by atoms with Crippen LogP contribution in [0, 0.1) is 30.3 Å². The lowest BCUT2D eigenvalue weighted by molar-refractivity contribution is 0.0948. The summed E-state index contributed by atoms with van der Waals surface area (Å²) in [5, 5.41) is 12.3. The first-order valence-electron chi connectivity index (χ1n) is 8.24. The van der Waals surface area contributed by atoms with Crippen molar-refractivity contribution in [1.82, 2.24) is 15.3 Å². The Kier molecular flexibility index (Phi) is 6.97. The molecule has 2 aromatic rings. The van der Waals surface area contributed by atoms with Gasteiger partial charge >= 0.3 is 0 Å². The molecule has 0 saturated carbocycles. The first-order chi connectivity index (χ1) is 12.5. The van der Waals surface area contributed by atoms with E-state index in [0.29, 0.717) is 11.4 Å². The van der Waals surface area contributed by atoms with Crippen LogP contribution in [0.25, 0.3) is 0 Å². The second kappa shape index (κ2) is 9.20. The highest BCUT2D eigenvalue weighted by molar-refractivity contribution is 7.16. The molecule has 1 amide bonds. The van der Waals surface area contributed by atoms with Crippen molar-refractivity contribution in [3.63, 3.8) is 0 Å². The molecular formula is C17H19F2N5OS. The predicted molar refractivity (Wildman–Crippen MR) is 95.2 cm³/mol. The summed E-state index contributed by atoms with van der Waals surface area (Å²) in [6.45, 7) is 4.37. The Bertz CT molecular complexity index is 798. The number of nitriles is 1. The van der Waals surface area contributed by atoms with Gasteiger partial charge in [-0.15, -0.1) is 11.3 Å². The van der Waals surface area contributed by atoms with E-state index in [4.69, 9.17) is 0 Å². The largest absolute Gasteiger partial charge is 0.351 e. The van der Waals surface area contributed by atoms with E-state index >= 15 is 0 Å². The smallest absolute Gasteiger partial charge is 0.271 e. The zero-order chi connectivity index (χ0) is 19.1. The van der Waals surface area contributed by atoms with E-state index < -0.39 is 11.9 Å². The topological polar surface area (TPSA) is 81.9 Å². The number of rotatable bonds is 8. The summed E-state index contributed by atoms with van der Waals surface area (Å²) in [6.07, 6.45) is 5.98. The van der Waals surface area contributed by atoms with Crippen molar-refractivity contribution in [2.45, 2.75) is 39.5 Å². The number of aromatic nitrogens is 2. The van der Waals surface area contributed by atoms with E-state index in [1.165, 1.54) is 0 Å². The summed E-state index contributed by atoms with van der Waals surface area (Å²) in [5.74, 6) is -2.41. The molecule has 0 unspecified atom stereocenters. The Balaban J connectivity index is 2.14. The van der Waals surface area contributed by atoms with Crippen LogP contribution >= 0.6 is 11.3 Å². The van der Waals surface area contributed by atoms with E-state index in [2.05, 4.69) is 22.2 Å². The second-order valence-corrected chi connectivity index (χ2v) is 6.81. The number of unbranched alkanes of at least 4 members (excludes halogenated alkanes) is 3. The van der Waals surface area contributed by atoms with Crippen LogP contribution in [-0.4, -0.2) is 22.4 Å². The molecule has 0 saturated heterocycles. The molecule has 0 aliphatic rings. The molecule has 0 aliphatic heterocycles. The number of nitrogens with zero attached hydrogens (tertiary/aromatic N) is 4. The summed E-state index contributed by atoms with van der Waals surface area (Å²) in [6, 6.07) is 1.85. The van der Waals surface area contributed by atoms with Crippen molar-refractivity contribution in [2.24, 2.45) is 0 Å². The average molecular weight is 379 g/mol. The molecule has 2 heterocycles. The number of anilines is 2. The molecule has 9 heteroatoms. The van der Waals surface area contributed by atoms with Crippen LogP contribution in [0.2, 0.25) is 0 Å². The van der Waals surface area contributed by atoms with E-state index in [0.717, 1.165) is 54.1 Å². The molecule has 26 heavy (non-hydrogen) atoms. The number of aryl methyl sites for hydroxylation is 1. The Hall–Kier alpha value is -2.60. The SMILES string of the molecule is CCCCCCNC(=O)c1nc(N(C#N)c2cc(F)nc(F)c2)sc1C. The van der Waals surface area contributed by atoms with Crippen LogP contribution in [0.3, 0.4) is 0 Å². The van der Waals surface area contributed by atoms with Gasteiger partial charge in [-0.2, -0.15) is 19.0 Å². The third kappa shape index (κ3) is 4.95. The lowest BCUT2D eigenvalue weighted by Gasteiger charge is -2.11. The summed E-state index contributed by atoms with van der Waals surface area (Å²) < 4.78 is 26.6. The number of pyridine rings is 1. The fraction of sp³-hybridized carbons (Fsp3) is 0.412. The summed E-state index contributed by atoms with van der Waals surface area (Å²) >= 11 is 1.10.